The summed E-state index contributed by atoms with van der Waals surface area (Å²) in [6, 6.07) is 9.36. The second-order valence-electron chi connectivity index (χ2n) is 5.92. The molecule has 3 N–H and O–H groups in total. The van der Waals surface area contributed by atoms with E-state index in [1.165, 1.54) is 11.3 Å². The molecule has 2 heterocycles. The van der Waals surface area contributed by atoms with Crippen LogP contribution in [-0.2, 0) is 0 Å². The molecule has 8 heteroatoms. The predicted molar refractivity (Wildman–Crippen MR) is 94.8 cm³/mol. The molecular weight excluding hydrogens is 324 g/mol. The molecule has 7 nitrogen and oxygen atoms in total. The van der Waals surface area contributed by atoms with Crippen LogP contribution >= 0.6 is 11.3 Å². The number of nitrogens with one attached hydrogen (secondary N) is 1. The number of hydrogen-bond donors (Lipinski definition) is 2. The minimum absolute atomic E-state index is 0.0760. The molecule has 1 atom stereocenters. The van der Waals surface area contributed by atoms with E-state index in [2.05, 4.69) is 27.5 Å². The van der Waals surface area contributed by atoms with Crippen molar-refractivity contribution in [1.29, 1.82) is 0 Å². The van der Waals surface area contributed by atoms with E-state index in [0.29, 0.717) is 10.1 Å². The third kappa shape index (κ3) is 4.01. The molecule has 1 aromatic heterocycles. The molecule has 0 spiro atoms. The Bertz CT molecular complexity index is 676. The molecule has 1 fully saturated rings. The molecule has 0 radical (unpaired) electrons. The van der Waals surface area contributed by atoms with Crippen LogP contribution in [0.1, 0.15) is 23.0 Å². The number of likely N-dealkylation sites (N-methyl/N-ethyl adjacent to an activating group) is 1. The van der Waals surface area contributed by atoms with Gasteiger partial charge in [-0.15, -0.1) is 10.2 Å². The summed E-state index contributed by atoms with van der Waals surface area (Å²) in [4.78, 5) is 16.9. The van der Waals surface area contributed by atoms with Gasteiger partial charge in [0.25, 0.3) is 0 Å². The lowest BCUT2D eigenvalue weighted by Crippen LogP contribution is -2.43. The van der Waals surface area contributed by atoms with Crippen molar-refractivity contribution in [2.75, 3.05) is 39.0 Å². The Morgan fingerprint density at radius 2 is 2.00 bits per heavy atom. The Labute approximate surface area is 145 Å². The second kappa shape index (κ2) is 7.59. The maximum absolute atomic E-state index is 12.7. The number of amides is 2. The average molecular weight is 346 g/mol. The molecule has 1 aromatic carbocycles. The van der Waals surface area contributed by atoms with Crippen LogP contribution in [0.25, 0.3) is 0 Å². The van der Waals surface area contributed by atoms with Crippen molar-refractivity contribution in [2.24, 2.45) is 0 Å². The van der Waals surface area contributed by atoms with Crippen molar-refractivity contribution in [1.82, 2.24) is 25.3 Å². The number of carbonyl (C=O) groups excluding carboxylic acids is 1. The summed E-state index contributed by atoms with van der Waals surface area (Å²) in [5.74, 6) is 0. The highest BCUT2D eigenvalue weighted by molar-refractivity contribution is 7.15. The number of hydrogen-bond acceptors (Lipinski definition) is 6. The largest absolute Gasteiger partial charge is 0.374 e. The minimum atomic E-state index is -0.338. The van der Waals surface area contributed by atoms with Gasteiger partial charge < -0.3 is 20.9 Å². The van der Waals surface area contributed by atoms with Crippen LogP contribution in [0.4, 0.5) is 9.93 Å². The summed E-state index contributed by atoms with van der Waals surface area (Å²) in [5, 5.41) is 12.2. The predicted octanol–water partition coefficient (Wildman–Crippen LogP) is 1.56. The van der Waals surface area contributed by atoms with E-state index in [9.17, 15) is 4.79 Å². The fourth-order valence-corrected chi connectivity index (χ4v) is 3.45. The first-order valence-corrected chi connectivity index (χ1v) is 8.83. The van der Waals surface area contributed by atoms with Crippen molar-refractivity contribution < 1.29 is 4.79 Å². The van der Waals surface area contributed by atoms with Gasteiger partial charge in [-0.25, -0.2) is 4.79 Å². The lowest BCUT2D eigenvalue weighted by molar-refractivity contribution is 0.197. The number of benzene rings is 1. The first-order valence-electron chi connectivity index (χ1n) is 8.01. The molecule has 0 saturated carbocycles. The van der Waals surface area contributed by atoms with Crippen molar-refractivity contribution in [2.45, 2.75) is 12.5 Å². The van der Waals surface area contributed by atoms with Gasteiger partial charge in [0.15, 0.2) is 0 Å². The molecule has 0 aliphatic carbocycles. The topological polar surface area (TPSA) is 87.4 Å². The van der Waals surface area contributed by atoms with E-state index in [4.69, 9.17) is 5.73 Å². The molecule has 0 bridgehead atoms. The quantitative estimate of drug-likeness (QED) is 0.881. The van der Waals surface area contributed by atoms with Gasteiger partial charge >= 0.3 is 6.03 Å². The highest BCUT2D eigenvalue weighted by atomic mass is 32.1. The summed E-state index contributed by atoms with van der Waals surface area (Å²) in [5.41, 5.74) is 6.69. The molecule has 1 aliphatic heterocycles. The Morgan fingerprint density at radius 1 is 1.21 bits per heavy atom. The van der Waals surface area contributed by atoms with Crippen LogP contribution in [0, 0.1) is 0 Å². The number of anilines is 1. The van der Waals surface area contributed by atoms with Crippen molar-refractivity contribution in [3.8, 4) is 0 Å². The van der Waals surface area contributed by atoms with Crippen molar-refractivity contribution in [3.05, 3.63) is 40.9 Å². The van der Waals surface area contributed by atoms with Crippen LogP contribution in [0.3, 0.4) is 0 Å². The highest BCUT2D eigenvalue weighted by Crippen LogP contribution is 2.26. The minimum Gasteiger partial charge on any atom is -0.374 e. The van der Waals surface area contributed by atoms with Gasteiger partial charge in [-0.1, -0.05) is 41.7 Å². The first kappa shape index (κ1) is 16.7. The van der Waals surface area contributed by atoms with Crippen LogP contribution in [0.15, 0.2) is 30.3 Å². The van der Waals surface area contributed by atoms with Gasteiger partial charge in [0.1, 0.15) is 11.0 Å². The molecule has 1 saturated heterocycles. The summed E-state index contributed by atoms with van der Waals surface area (Å²) < 4.78 is 0. The normalized spacial score (nSPS) is 17.3. The number of nitrogens with zero attached hydrogens (tertiary/aromatic N) is 4. The Hall–Kier alpha value is -2.19. The van der Waals surface area contributed by atoms with E-state index in [1.807, 2.05) is 35.2 Å². The molecule has 3 rings (SSSR count). The fraction of sp³-hybridized carbons (Fsp3) is 0.438. The van der Waals surface area contributed by atoms with Crippen LogP contribution in [-0.4, -0.2) is 59.3 Å². The third-order valence-corrected chi connectivity index (χ3v) is 4.93. The molecule has 2 amide bonds. The molecule has 0 unspecified atom stereocenters. The zero-order chi connectivity index (χ0) is 16.9. The molecular formula is C16H22N6OS. The fourth-order valence-electron chi connectivity index (χ4n) is 2.76. The Morgan fingerprint density at radius 3 is 2.71 bits per heavy atom. The van der Waals surface area contributed by atoms with Gasteiger partial charge in [-0.3, -0.25) is 0 Å². The zero-order valence-corrected chi connectivity index (χ0v) is 14.5. The average Bonchev–Trinajstić information content (AvgIpc) is 2.89. The highest BCUT2D eigenvalue weighted by Gasteiger charge is 2.24. The van der Waals surface area contributed by atoms with E-state index in [1.54, 1.807) is 0 Å². The summed E-state index contributed by atoms with van der Waals surface area (Å²) in [6.45, 7) is 3.38. The SMILES string of the molecule is CN1CCCN(C(=O)N[C@@H](c2ccccc2)c2nnc(N)s2)CC1. The van der Waals surface area contributed by atoms with Gasteiger partial charge in [-0.2, -0.15) is 0 Å². The van der Waals surface area contributed by atoms with E-state index in [0.717, 1.165) is 38.2 Å². The Balaban J connectivity index is 1.78. The van der Waals surface area contributed by atoms with Crippen molar-refractivity contribution in [3.63, 3.8) is 0 Å². The number of nitrogens with two attached hydrogens (primary N) is 1. The Kier molecular flexibility index (Phi) is 5.27. The number of carbonyl (C=O) groups is 1. The zero-order valence-electron chi connectivity index (χ0n) is 13.7. The lowest BCUT2D eigenvalue weighted by atomic mass is 10.1. The van der Waals surface area contributed by atoms with Crippen LogP contribution in [0.2, 0.25) is 0 Å². The van der Waals surface area contributed by atoms with E-state index in [-0.39, 0.29) is 12.1 Å². The molecule has 128 valence electrons. The van der Waals surface area contributed by atoms with Gasteiger partial charge in [-0.05, 0) is 25.6 Å². The lowest BCUT2D eigenvalue weighted by Gasteiger charge is -2.24. The van der Waals surface area contributed by atoms with Gasteiger partial charge in [0.05, 0.1) is 0 Å². The van der Waals surface area contributed by atoms with Gasteiger partial charge in [0.2, 0.25) is 5.13 Å². The summed E-state index contributed by atoms with van der Waals surface area (Å²) in [6.07, 6.45) is 0.978. The second-order valence-corrected chi connectivity index (χ2v) is 6.96. The maximum atomic E-state index is 12.7. The van der Waals surface area contributed by atoms with E-state index >= 15 is 0 Å². The number of urea groups is 1. The van der Waals surface area contributed by atoms with Crippen LogP contribution < -0.4 is 11.1 Å². The summed E-state index contributed by atoms with van der Waals surface area (Å²) >= 11 is 1.30. The molecule has 24 heavy (non-hydrogen) atoms. The van der Waals surface area contributed by atoms with E-state index < -0.39 is 0 Å². The third-order valence-electron chi connectivity index (χ3n) is 4.11. The number of rotatable bonds is 3. The van der Waals surface area contributed by atoms with Gasteiger partial charge in [0, 0.05) is 19.6 Å². The van der Waals surface area contributed by atoms with Crippen LogP contribution in [0.5, 0.6) is 0 Å². The molecule has 1 aliphatic rings. The number of nitrogen functional groups attached to an aromatic ring is 1. The smallest absolute Gasteiger partial charge is 0.318 e. The maximum Gasteiger partial charge on any atom is 0.318 e. The molecule has 2 aromatic rings. The number of aromatic nitrogens is 2. The standard InChI is InChI=1S/C16H22N6OS/c1-21-8-5-9-22(11-10-21)16(23)18-13(12-6-3-2-4-7-12)14-19-20-15(17)24-14/h2-4,6-7,13H,5,8-11H2,1H3,(H2,17,20)(H,18,23)/t13-/m0/s1. The monoisotopic (exact) mass is 346 g/mol. The van der Waals surface area contributed by atoms with Crippen molar-refractivity contribution >= 4 is 22.5 Å². The first-order chi connectivity index (χ1) is 11.6. The summed E-state index contributed by atoms with van der Waals surface area (Å²) in [7, 11) is 2.08.